The van der Waals surface area contributed by atoms with Gasteiger partial charge >= 0.3 is 0 Å². The largest absolute Gasteiger partial charge is 0.305 e. The molecule has 1 amide bonds. The van der Waals surface area contributed by atoms with Crippen LogP contribution in [-0.2, 0) is 10.2 Å². The van der Waals surface area contributed by atoms with Gasteiger partial charge in [-0.15, -0.1) is 0 Å². The second-order valence-electron chi connectivity index (χ2n) is 6.68. The van der Waals surface area contributed by atoms with E-state index in [1.54, 1.807) is 0 Å². The van der Waals surface area contributed by atoms with Gasteiger partial charge in [0.2, 0.25) is 0 Å². The van der Waals surface area contributed by atoms with Crippen molar-refractivity contribution in [1.29, 1.82) is 0 Å². The van der Waals surface area contributed by atoms with Gasteiger partial charge in [0.05, 0.1) is 0 Å². The van der Waals surface area contributed by atoms with E-state index in [-0.39, 0.29) is 11.3 Å². The number of nitrogens with one attached hydrogen (secondary N) is 1. The fourth-order valence-electron chi connectivity index (χ4n) is 2.44. The molecule has 2 aromatic carbocycles. The SMILES string of the molecule is CC(C)(C)c1ccc(/C=C2/N=C(c3ccccc3)NC2=O)cc1. The predicted octanol–water partition coefficient (Wildman–Crippen LogP) is 3.90. The normalized spacial score (nSPS) is 16.4. The Labute approximate surface area is 136 Å². The van der Waals surface area contributed by atoms with Crippen molar-refractivity contribution in [1.82, 2.24) is 5.32 Å². The Balaban J connectivity index is 1.88. The first-order valence-electron chi connectivity index (χ1n) is 7.71. The summed E-state index contributed by atoms with van der Waals surface area (Å²) in [6.07, 6.45) is 1.82. The molecule has 0 saturated carbocycles. The molecule has 1 aliphatic heterocycles. The third-order valence-corrected chi connectivity index (χ3v) is 3.82. The van der Waals surface area contributed by atoms with Crippen LogP contribution in [0.5, 0.6) is 0 Å². The zero-order valence-electron chi connectivity index (χ0n) is 13.6. The number of carbonyl (C=O) groups is 1. The topological polar surface area (TPSA) is 41.5 Å². The molecule has 0 fully saturated rings. The highest BCUT2D eigenvalue weighted by Gasteiger charge is 2.21. The van der Waals surface area contributed by atoms with Crippen LogP contribution in [0.3, 0.4) is 0 Å². The van der Waals surface area contributed by atoms with E-state index in [0.717, 1.165) is 11.1 Å². The second-order valence-corrected chi connectivity index (χ2v) is 6.68. The highest BCUT2D eigenvalue weighted by molar-refractivity contribution is 6.19. The van der Waals surface area contributed by atoms with E-state index in [1.165, 1.54) is 5.56 Å². The van der Waals surface area contributed by atoms with Crippen LogP contribution in [0.4, 0.5) is 0 Å². The number of aliphatic imine (C=N–C) groups is 1. The van der Waals surface area contributed by atoms with E-state index >= 15 is 0 Å². The minimum atomic E-state index is -0.163. The molecule has 0 saturated heterocycles. The second kappa shape index (κ2) is 5.84. The molecule has 1 heterocycles. The lowest BCUT2D eigenvalue weighted by Gasteiger charge is -2.18. The van der Waals surface area contributed by atoms with Crippen LogP contribution in [-0.4, -0.2) is 11.7 Å². The summed E-state index contributed by atoms with van der Waals surface area (Å²) in [4.78, 5) is 16.5. The molecule has 0 bridgehead atoms. The average molecular weight is 304 g/mol. The van der Waals surface area contributed by atoms with E-state index in [4.69, 9.17) is 0 Å². The van der Waals surface area contributed by atoms with Crippen molar-refractivity contribution < 1.29 is 4.79 Å². The van der Waals surface area contributed by atoms with Gasteiger partial charge in [-0.3, -0.25) is 4.79 Å². The third kappa shape index (κ3) is 3.39. The molecule has 0 aromatic heterocycles. The molecule has 3 heteroatoms. The zero-order chi connectivity index (χ0) is 16.4. The third-order valence-electron chi connectivity index (χ3n) is 3.82. The molecule has 3 rings (SSSR count). The van der Waals surface area contributed by atoms with E-state index in [2.05, 4.69) is 43.2 Å². The molecule has 3 nitrogen and oxygen atoms in total. The van der Waals surface area contributed by atoms with Gasteiger partial charge in [-0.1, -0.05) is 75.4 Å². The monoisotopic (exact) mass is 304 g/mol. The number of carbonyl (C=O) groups excluding carboxylic acids is 1. The molecule has 0 atom stereocenters. The van der Waals surface area contributed by atoms with Crippen LogP contribution in [0.15, 0.2) is 65.3 Å². The summed E-state index contributed by atoms with van der Waals surface area (Å²) in [5.41, 5.74) is 3.71. The molecule has 116 valence electrons. The molecule has 2 aromatic rings. The molecule has 0 aliphatic carbocycles. The van der Waals surface area contributed by atoms with Gasteiger partial charge in [-0.05, 0) is 22.6 Å². The number of amidine groups is 1. The predicted molar refractivity (Wildman–Crippen MR) is 94.2 cm³/mol. The highest BCUT2D eigenvalue weighted by atomic mass is 16.2. The summed E-state index contributed by atoms with van der Waals surface area (Å²) < 4.78 is 0. The molecule has 0 unspecified atom stereocenters. The van der Waals surface area contributed by atoms with Crippen LogP contribution in [0, 0.1) is 0 Å². The van der Waals surface area contributed by atoms with Gasteiger partial charge < -0.3 is 5.32 Å². The van der Waals surface area contributed by atoms with Gasteiger partial charge in [0, 0.05) is 5.56 Å². The molecule has 0 spiro atoms. The first-order valence-corrected chi connectivity index (χ1v) is 7.71. The Morgan fingerprint density at radius 3 is 2.22 bits per heavy atom. The maximum atomic E-state index is 12.1. The summed E-state index contributed by atoms with van der Waals surface area (Å²) in [7, 11) is 0. The Hall–Kier alpha value is -2.68. The fourth-order valence-corrected chi connectivity index (χ4v) is 2.44. The van der Waals surface area contributed by atoms with Gasteiger partial charge in [0.1, 0.15) is 11.5 Å². The van der Waals surface area contributed by atoms with Gasteiger partial charge in [0.25, 0.3) is 5.91 Å². The zero-order valence-corrected chi connectivity index (χ0v) is 13.6. The minimum absolute atomic E-state index is 0.120. The first kappa shape index (κ1) is 15.2. The Morgan fingerprint density at radius 1 is 0.957 bits per heavy atom. The summed E-state index contributed by atoms with van der Waals surface area (Å²) >= 11 is 0. The Kier molecular flexibility index (Phi) is 3.87. The minimum Gasteiger partial charge on any atom is -0.305 e. The van der Waals surface area contributed by atoms with Crippen molar-refractivity contribution in [2.45, 2.75) is 26.2 Å². The lowest BCUT2D eigenvalue weighted by atomic mass is 9.87. The van der Waals surface area contributed by atoms with Crippen molar-refractivity contribution >= 4 is 17.8 Å². The molecular weight excluding hydrogens is 284 g/mol. The molecule has 23 heavy (non-hydrogen) atoms. The molecule has 0 radical (unpaired) electrons. The number of hydrogen-bond donors (Lipinski definition) is 1. The van der Waals surface area contributed by atoms with Crippen molar-refractivity contribution in [2.24, 2.45) is 4.99 Å². The molecule has 1 N–H and O–H groups in total. The van der Waals surface area contributed by atoms with E-state index in [9.17, 15) is 4.79 Å². The van der Waals surface area contributed by atoms with Crippen molar-refractivity contribution in [3.8, 4) is 0 Å². The lowest BCUT2D eigenvalue weighted by Crippen LogP contribution is -2.24. The Bertz CT molecular complexity index is 779. The van der Waals surface area contributed by atoms with E-state index in [1.807, 2.05) is 48.5 Å². The standard InChI is InChI=1S/C20H20N2O/c1-20(2,3)16-11-9-14(10-12-16)13-17-19(23)22-18(21-17)15-7-5-4-6-8-15/h4-13H,1-3H3,(H,21,22,23)/b17-13+. The van der Waals surface area contributed by atoms with E-state index in [0.29, 0.717) is 11.5 Å². The molecular formula is C20H20N2O. The molecule has 1 aliphatic rings. The number of nitrogens with zero attached hydrogens (tertiary/aromatic N) is 1. The Morgan fingerprint density at radius 2 is 1.61 bits per heavy atom. The van der Waals surface area contributed by atoms with Crippen LogP contribution in [0.25, 0.3) is 6.08 Å². The first-order chi connectivity index (χ1) is 10.9. The highest BCUT2D eigenvalue weighted by Crippen LogP contribution is 2.23. The van der Waals surface area contributed by atoms with Crippen molar-refractivity contribution in [3.05, 3.63) is 77.0 Å². The van der Waals surface area contributed by atoms with Crippen LogP contribution in [0.2, 0.25) is 0 Å². The lowest BCUT2D eigenvalue weighted by molar-refractivity contribution is -0.115. The quantitative estimate of drug-likeness (QED) is 0.840. The summed E-state index contributed by atoms with van der Waals surface area (Å²) in [5, 5.41) is 2.82. The van der Waals surface area contributed by atoms with Gasteiger partial charge in [0.15, 0.2) is 0 Å². The van der Waals surface area contributed by atoms with Gasteiger partial charge in [-0.25, -0.2) is 4.99 Å². The maximum Gasteiger partial charge on any atom is 0.275 e. The maximum absolute atomic E-state index is 12.1. The van der Waals surface area contributed by atoms with Crippen LogP contribution in [0.1, 0.15) is 37.5 Å². The number of benzene rings is 2. The van der Waals surface area contributed by atoms with Crippen molar-refractivity contribution in [2.75, 3.05) is 0 Å². The van der Waals surface area contributed by atoms with Gasteiger partial charge in [-0.2, -0.15) is 0 Å². The summed E-state index contributed by atoms with van der Waals surface area (Å²) in [6.45, 7) is 6.55. The van der Waals surface area contributed by atoms with E-state index < -0.39 is 0 Å². The summed E-state index contributed by atoms with van der Waals surface area (Å²) in [6, 6.07) is 17.9. The van der Waals surface area contributed by atoms with Crippen LogP contribution < -0.4 is 5.32 Å². The average Bonchev–Trinajstić information content (AvgIpc) is 2.89. The smallest absolute Gasteiger partial charge is 0.275 e. The number of rotatable bonds is 2. The van der Waals surface area contributed by atoms with Crippen molar-refractivity contribution in [3.63, 3.8) is 0 Å². The van der Waals surface area contributed by atoms with Crippen LogP contribution >= 0.6 is 0 Å². The fraction of sp³-hybridized carbons (Fsp3) is 0.200. The number of hydrogen-bond acceptors (Lipinski definition) is 2. The summed E-state index contributed by atoms with van der Waals surface area (Å²) in [5.74, 6) is 0.442. The number of amides is 1.